The highest BCUT2D eigenvalue weighted by Crippen LogP contribution is 1.73. The topological polar surface area (TPSA) is 9.23 Å². The molecule has 0 radical (unpaired) electrons. The largest absolute Gasteiger partial charge is 0.504 e. The van der Waals surface area contributed by atoms with Crippen molar-refractivity contribution >= 4 is 22.6 Å². The first-order chi connectivity index (χ1) is 3.41. The van der Waals surface area contributed by atoms with Crippen molar-refractivity contribution in [2.45, 2.75) is 0 Å². The Balaban J connectivity index is 3.21. The van der Waals surface area contributed by atoms with Gasteiger partial charge >= 0.3 is 0 Å². The van der Waals surface area contributed by atoms with E-state index in [1.54, 1.807) is 13.2 Å². The lowest BCUT2D eigenvalue weighted by Gasteiger charge is -1.76. The predicted molar refractivity (Wildman–Crippen MR) is 37.9 cm³/mol. The average Bonchev–Trinajstić information content (AvgIpc) is 1.69. The van der Waals surface area contributed by atoms with E-state index in [9.17, 15) is 0 Å². The maximum Gasteiger partial charge on any atom is 0.0908 e. The summed E-state index contributed by atoms with van der Waals surface area (Å²) in [5.74, 6) is 2.68. The molecule has 0 rings (SSSR count). The summed E-state index contributed by atoms with van der Waals surface area (Å²) < 4.78 is 7.21. The minimum Gasteiger partial charge on any atom is -0.504 e. The fourth-order valence-corrected chi connectivity index (χ4v) is 0.313. The van der Waals surface area contributed by atoms with Crippen molar-refractivity contribution in [1.29, 1.82) is 0 Å². The van der Waals surface area contributed by atoms with Gasteiger partial charge in [-0.15, -0.1) is 0 Å². The standard InChI is InChI=1S/C5H5IO/c1-7-5-3-2-4-6/h3,5H,1H3/b5-3+. The van der Waals surface area contributed by atoms with Gasteiger partial charge in [-0.2, -0.15) is 0 Å². The van der Waals surface area contributed by atoms with Crippen molar-refractivity contribution < 1.29 is 4.74 Å². The van der Waals surface area contributed by atoms with Crippen LogP contribution in [0.3, 0.4) is 0 Å². The van der Waals surface area contributed by atoms with Crippen molar-refractivity contribution in [3.05, 3.63) is 12.3 Å². The summed E-state index contributed by atoms with van der Waals surface area (Å²) in [7, 11) is 1.59. The Labute approximate surface area is 56.9 Å². The second kappa shape index (κ2) is 5.83. The van der Waals surface area contributed by atoms with Crippen LogP contribution < -0.4 is 0 Å². The van der Waals surface area contributed by atoms with Gasteiger partial charge in [-0.1, -0.05) is 5.92 Å². The van der Waals surface area contributed by atoms with Crippen LogP contribution in [0, 0.1) is 9.85 Å². The van der Waals surface area contributed by atoms with Crippen LogP contribution in [0.25, 0.3) is 0 Å². The summed E-state index contributed by atoms with van der Waals surface area (Å²) in [5.41, 5.74) is 0. The zero-order chi connectivity index (χ0) is 5.54. The summed E-state index contributed by atoms with van der Waals surface area (Å²) in [5, 5.41) is 0. The first-order valence-electron chi connectivity index (χ1n) is 1.70. The molecule has 0 aromatic heterocycles. The molecule has 0 heterocycles. The summed E-state index contributed by atoms with van der Waals surface area (Å²) in [4.78, 5) is 0. The number of ether oxygens (including phenoxy) is 1. The lowest BCUT2D eigenvalue weighted by atomic mass is 10.7. The van der Waals surface area contributed by atoms with Gasteiger partial charge in [-0.3, -0.25) is 0 Å². The van der Waals surface area contributed by atoms with Crippen LogP contribution in [0.4, 0.5) is 0 Å². The first kappa shape index (κ1) is 6.83. The van der Waals surface area contributed by atoms with Gasteiger partial charge < -0.3 is 4.74 Å². The van der Waals surface area contributed by atoms with Crippen LogP contribution in [0.2, 0.25) is 0 Å². The second-order valence-corrected chi connectivity index (χ2v) is 1.32. The van der Waals surface area contributed by atoms with E-state index in [1.807, 2.05) is 22.6 Å². The van der Waals surface area contributed by atoms with Gasteiger partial charge in [0, 0.05) is 28.7 Å². The third-order valence-corrected chi connectivity index (χ3v) is 0.653. The zero-order valence-electron chi connectivity index (χ0n) is 3.94. The number of methoxy groups -OCH3 is 1. The number of halogens is 1. The van der Waals surface area contributed by atoms with Gasteiger partial charge in [0.15, 0.2) is 0 Å². The van der Waals surface area contributed by atoms with Gasteiger partial charge in [0.1, 0.15) is 0 Å². The summed E-state index contributed by atoms with van der Waals surface area (Å²) in [6.45, 7) is 0. The molecule has 0 unspecified atom stereocenters. The third kappa shape index (κ3) is 5.83. The summed E-state index contributed by atoms with van der Waals surface area (Å²) in [6, 6.07) is 0. The molecule has 2 heteroatoms. The molecule has 1 nitrogen and oxygen atoms in total. The first-order valence-corrected chi connectivity index (χ1v) is 2.78. The van der Waals surface area contributed by atoms with E-state index in [0.717, 1.165) is 0 Å². The Kier molecular flexibility index (Phi) is 5.69. The van der Waals surface area contributed by atoms with Crippen molar-refractivity contribution in [2.24, 2.45) is 0 Å². The molecule has 0 aliphatic heterocycles. The monoisotopic (exact) mass is 208 g/mol. The van der Waals surface area contributed by atoms with Gasteiger partial charge in [0.25, 0.3) is 0 Å². The SMILES string of the molecule is CO/C=C/C#CI. The third-order valence-electron chi connectivity index (χ3n) is 0.342. The molecular weight excluding hydrogens is 203 g/mol. The summed E-state index contributed by atoms with van der Waals surface area (Å²) >= 11 is 1.96. The van der Waals surface area contributed by atoms with Crippen LogP contribution in [-0.2, 0) is 4.74 Å². The van der Waals surface area contributed by atoms with E-state index in [1.165, 1.54) is 6.26 Å². The van der Waals surface area contributed by atoms with Crippen LogP contribution >= 0.6 is 22.6 Å². The van der Waals surface area contributed by atoms with Crippen LogP contribution in [0.1, 0.15) is 0 Å². The highest BCUT2D eigenvalue weighted by molar-refractivity contribution is 14.1. The molecule has 0 aliphatic rings. The molecule has 38 valence electrons. The average molecular weight is 208 g/mol. The van der Waals surface area contributed by atoms with E-state index < -0.39 is 0 Å². The Bertz CT molecular complexity index is 107. The van der Waals surface area contributed by atoms with E-state index in [2.05, 4.69) is 14.6 Å². The lowest BCUT2D eigenvalue weighted by Crippen LogP contribution is -1.59. The molecule has 0 saturated heterocycles. The Morgan fingerprint density at radius 2 is 2.43 bits per heavy atom. The molecule has 7 heavy (non-hydrogen) atoms. The molecule has 0 amide bonds. The number of rotatable bonds is 1. The fourth-order valence-electron chi connectivity index (χ4n) is 0.134. The maximum absolute atomic E-state index is 4.56. The molecule has 0 saturated carbocycles. The quantitative estimate of drug-likeness (QED) is 0.360. The van der Waals surface area contributed by atoms with Crippen molar-refractivity contribution in [1.82, 2.24) is 0 Å². The molecular formula is C5H5IO. The molecule has 0 aromatic rings. The van der Waals surface area contributed by atoms with Gasteiger partial charge in [-0.05, 0) is 3.93 Å². The smallest absolute Gasteiger partial charge is 0.0908 e. The summed E-state index contributed by atoms with van der Waals surface area (Å²) in [6.07, 6.45) is 3.18. The molecule has 0 atom stereocenters. The van der Waals surface area contributed by atoms with E-state index in [-0.39, 0.29) is 0 Å². The maximum atomic E-state index is 4.56. The zero-order valence-corrected chi connectivity index (χ0v) is 6.10. The Morgan fingerprint density at radius 3 is 2.86 bits per heavy atom. The normalized spacial score (nSPS) is 7.71. The van der Waals surface area contributed by atoms with E-state index >= 15 is 0 Å². The van der Waals surface area contributed by atoms with Gasteiger partial charge in [0.05, 0.1) is 13.4 Å². The minimum absolute atomic E-state index is 1.53. The molecule has 0 aliphatic carbocycles. The van der Waals surface area contributed by atoms with Crippen molar-refractivity contribution in [3.8, 4) is 9.85 Å². The number of allylic oxidation sites excluding steroid dienone is 1. The van der Waals surface area contributed by atoms with E-state index in [0.29, 0.717) is 0 Å². The molecule has 0 bridgehead atoms. The Hall–Kier alpha value is -0.170. The van der Waals surface area contributed by atoms with E-state index in [4.69, 9.17) is 0 Å². The van der Waals surface area contributed by atoms with Crippen molar-refractivity contribution in [3.63, 3.8) is 0 Å². The van der Waals surface area contributed by atoms with Gasteiger partial charge in [-0.25, -0.2) is 0 Å². The fraction of sp³-hybridized carbons (Fsp3) is 0.200. The number of hydrogen-bond acceptors (Lipinski definition) is 1. The molecule has 0 spiro atoms. The highest BCUT2D eigenvalue weighted by atomic mass is 127. The van der Waals surface area contributed by atoms with Gasteiger partial charge in [0.2, 0.25) is 0 Å². The minimum atomic E-state index is 1.53. The van der Waals surface area contributed by atoms with Crippen LogP contribution in [0.15, 0.2) is 12.3 Å². The number of hydrogen-bond donors (Lipinski definition) is 0. The van der Waals surface area contributed by atoms with Crippen LogP contribution in [-0.4, -0.2) is 7.11 Å². The highest BCUT2D eigenvalue weighted by Gasteiger charge is 1.54. The van der Waals surface area contributed by atoms with Crippen molar-refractivity contribution in [2.75, 3.05) is 7.11 Å². The lowest BCUT2D eigenvalue weighted by molar-refractivity contribution is 0.338. The predicted octanol–water partition coefficient (Wildman–Crippen LogP) is 1.54. The molecule has 0 N–H and O–H groups in total. The van der Waals surface area contributed by atoms with Crippen LogP contribution in [0.5, 0.6) is 0 Å². The molecule has 0 aromatic carbocycles. The second-order valence-electron chi connectivity index (χ2n) is 0.777. The Morgan fingerprint density at radius 1 is 1.71 bits per heavy atom. The molecule has 0 fully saturated rings.